The standard InChI is InChI=1S/C24H32N2O3/c1-19(2)29-23-7-5-4-6-21(23)18-25-14-16-26(17-15-25)24(27)13-10-20-8-11-22(28-3)12-9-20/h4-9,11-12,19H,10,13-18H2,1-3H3. The van der Waals surface area contributed by atoms with Crippen molar-refractivity contribution >= 4 is 5.91 Å². The van der Waals surface area contributed by atoms with Crippen LogP contribution in [0.5, 0.6) is 11.5 Å². The van der Waals surface area contributed by atoms with E-state index < -0.39 is 0 Å². The van der Waals surface area contributed by atoms with E-state index in [9.17, 15) is 4.79 Å². The molecule has 1 saturated heterocycles. The van der Waals surface area contributed by atoms with Crippen LogP contribution >= 0.6 is 0 Å². The van der Waals surface area contributed by atoms with Crippen molar-refractivity contribution in [3.8, 4) is 11.5 Å². The lowest BCUT2D eigenvalue weighted by molar-refractivity contribution is -0.133. The number of rotatable bonds is 8. The summed E-state index contributed by atoms with van der Waals surface area (Å²) >= 11 is 0. The van der Waals surface area contributed by atoms with Crippen molar-refractivity contribution in [3.05, 3.63) is 59.7 Å². The molecule has 0 aliphatic carbocycles. The molecular formula is C24H32N2O3. The van der Waals surface area contributed by atoms with Crippen molar-refractivity contribution in [1.29, 1.82) is 0 Å². The molecule has 5 nitrogen and oxygen atoms in total. The van der Waals surface area contributed by atoms with E-state index in [-0.39, 0.29) is 12.0 Å². The van der Waals surface area contributed by atoms with Crippen LogP contribution in [0.3, 0.4) is 0 Å². The minimum atomic E-state index is 0.163. The molecule has 0 aromatic heterocycles. The second kappa shape index (κ2) is 10.3. The Morgan fingerprint density at radius 2 is 1.69 bits per heavy atom. The van der Waals surface area contributed by atoms with Crippen LogP contribution in [0.25, 0.3) is 0 Å². The summed E-state index contributed by atoms with van der Waals surface area (Å²) < 4.78 is 11.1. The minimum absolute atomic E-state index is 0.163. The Balaban J connectivity index is 1.45. The Hall–Kier alpha value is -2.53. The van der Waals surface area contributed by atoms with E-state index in [2.05, 4.69) is 17.0 Å². The van der Waals surface area contributed by atoms with Gasteiger partial charge in [0.15, 0.2) is 0 Å². The van der Waals surface area contributed by atoms with Gasteiger partial charge in [-0.1, -0.05) is 30.3 Å². The van der Waals surface area contributed by atoms with Crippen molar-refractivity contribution in [3.63, 3.8) is 0 Å². The van der Waals surface area contributed by atoms with Gasteiger partial charge in [0.1, 0.15) is 11.5 Å². The zero-order chi connectivity index (χ0) is 20.6. The minimum Gasteiger partial charge on any atom is -0.497 e. The molecule has 5 heteroatoms. The molecule has 29 heavy (non-hydrogen) atoms. The fraction of sp³-hybridized carbons (Fsp3) is 0.458. The number of carbonyl (C=O) groups is 1. The molecule has 0 N–H and O–H groups in total. The summed E-state index contributed by atoms with van der Waals surface area (Å²) in [4.78, 5) is 17.0. The van der Waals surface area contributed by atoms with Crippen LogP contribution in [0.4, 0.5) is 0 Å². The highest BCUT2D eigenvalue weighted by molar-refractivity contribution is 5.76. The maximum atomic E-state index is 12.6. The molecule has 0 spiro atoms. The Kier molecular flexibility index (Phi) is 7.53. The normalized spacial score (nSPS) is 14.8. The summed E-state index contributed by atoms with van der Waals surface area (Å²) in [6.45, 7) is 8.31. The topological polar surface area (TPSA) is 42.0 Å². The quantitative estimate of drug-likeness (QED) is 0.681. The summed E-state index contributed by atoms with van der Waals surface area (Å²) in [5.74, 6) is 2.04. The van der Waals surface area contributed by atoms with Gasteiger partial charge in [0.05, 0.1) is 13.2 Å². The van der Waals surface area contributed by atoms with E-state index >= 15 is 0 Å². The van der Waals surface area contributed by atoms with Gasteiger partial charge in [-0.05, 0) is 44.0 Å². The van der Waals surface area contributed by atoms with Gasteiger partial charge in [0.2, 0.25) is 5.91 Å². The molecule has 0 saturated carbocycles. The Morgan fingerprint density at radius 3 is 2.34 bits per heavy atom. The summed E-state index contributed by atoms with van der Waals surface area (Å²) in [7, 11) is 1.66. The molecule has 1 heterocycles. The number of hydrogen-bond acceptors (Lipinski definition) is 4. The zero-order valence-electron chi connectivity index (χ0n) is 17.8. The third-order valence-corrected chi connectivity index (χ3v) is 5.24. The molecule has 0 bridgehead atoms. The molecule has 1 aliphatic rings. The number of ether oxygens (including phenoxy) is 2. The Labute approximate surface area is 174 Å². The lowest BCUT2D eigenvalue weighted by Gasteiger charge is -2.35. The van der Waals surface area contributed by atoms with E-state index in [1.54, 1.807) is 7.11 Å². The number of methoxy groups -OCH3 is 1. The number of amides is 1. The molecule has 0 unspecified atom stereocenters. The van der Waals surface area contributed by atoms with Crippen LogP contribution in [0.1, 0.15) is 31.4 Å². The molecule has 1 amide bonds. The van der Waals surface area contributed by atoms with Crippen molar-refractivity contribution in [2.45, 2.75) is 39.3 Å². The predicted molar refractivity (Wildman–Crippen MR) is 115 cm³/mol. The summed E-state index contributed by atoms with van der Waals surface area (Å²) in [5, 5.41) is 0. The van der Waals surface area contributed by atoms with Gasteiger partial charge in [-0.15, -0.1) is 0 Å². The smallest absolute Gasteiger partial charge is 0.222 e. The van der Waals surface area contributed by atoms with E-state index in [4.69, 9.17) is 9.47 Å². The fourth-order valence-electron chi connectivity index (χ4n) is 3.60. The molecule has 2 aromatic rings. The first-order valence-electron chi connectivity index (χ1n) is 10.4. The first kappa shape index (κ1) is 21.2. The van der Waals surface area contributed by atoms with Crippen molar-refractivity contribution in [2.75, 3.05) is 33.3 Å². The first-order chi connectivity index (χ1) is 14.0. The van der Waals surface area contributed by atoms with E-state index in [0.29, 0.717) is 6.42 Å². The number of hydrogen-bond donors (Lipinski definition) is 0. The number of benzene rings is 2. The molecule has 156 valence electrons. The summed E-state index contributed by atoms with van der Waals surface area (Å²) in [6.07, 6.45) is 1.48. The van der Waals surface area contributed by atoms with Gasteiger partial charge >= 0.3 is 0 Å². The predicted octanol–water partition coefficient (Wildman–Crippen LogP) is 3.76. The monoisotopic (exact) mass is 396 g/mol. The highest BCUT2D eigenvalue weighted by atomic mass is 16.5. The summed E-state index contributed by atoms with van der Waals surface area (Å²) in [5.41, 5.74) is 2.38. The van der Waals surface area contributed by atoms with Crippen LogP contribution in [-0.4, -0.2) is 55.1 Å². The second-order valence-corrected chi connectivity index (χ2v) is 7.78. The van der Waals surface area contributed by atoms with Crippen molar-refractivity contribution in [1.82, 2.24) is 9.80 Å². The maximum Gasteiger partial charge on any atom is 0.222 e. The van der Waals surface area contributed by atoms with Gasteiger partial charge < -0.3 is 14.4 Å². The molecular weight excluding hydrogens is 364 g/mol. The maximum absolute atomic E-state index is 12.6. The highest BCUT2D eigenvalue weighted by Crippen LogP contribution is 2.22. The average molecular weight is 397 g/mol. The van der Waals surface area contributed by atoms with Crippen LogP contribution in [0.15, 0.2) is 48.5 Å². The van der Waals surface area contributed by atoms with Crippen LogP contribution in [0.2, 0.25) is 0 Å². The van der Waals surface area contributed by atoms with Crippen LogP contribution in [0, 0.1) is 0 Å². The second-order valence-electron chi connectivity index (χ2n) is 7.78. The fourth-order valence-corrected chi connectivity index (χ4v) is 3.60. The number of carbonyl (C=O) groups excluding carboxylic acids is 1. The molecule has 2 aromatic carbocycles. The largest absolute Gasteiger partial charge is 0.497 e. The highest BCUT2D eigenvalue weighted by Gasteiger charge is 2.21. The third kappa shape index (κ3) is 6.23. The van der Waals surface area contributed by atoms with Gasteiger partial charge in [-0.3, -0.25) is 9.69 Å². The Morgan fingerprint density at radius 1 is 1.00 bits per heavy atom. The number of piperazine rings is 1. The number of para-hydroxylation sites is 1. The lowest BCUT2D eigenvalue weighted by Crippen LogP contribution is -2.48. The molecule has 3 rings (SSSR count). The zero-order valence-corrected chi connectivity index (χ0v) is 17.8. The van der Waals surface area contributed by atoms with E-state index in [1.807, 2.05) is 55.1 Å². The average Bonchev–Trinajstić information content (AvgIpc) is 2.74. The Bertz CT molecular complexity index is 781. The summed E-state index contributed by atoms with van der Waals surface area (Å²) in [6, 6.07) is 16.2. The molecule has 1 aliphatic heterocycles. The van der Waals surface area contributed by atoms with Gasteiger partial charge in [0, 0.05) is 44.7 Å². The van der Waals surface area contributed by atoms with E-state index in [1.165, 1.54) is 11.1 Å². The van der Waals surface area contributed by atoms with Crippen molar-refractivity contribution in [2.24, 2.45) is 0 Å². The number of aryl methyl sites for hydroxylation is 1. The van der Waals surface area contributed by atoms with Crippen molar-refractivity contribution < 1.29 is 14.3 Å². The molecule has 1 fully saturated rings. The first-order valence-corrected chi connectivity index (χ1v) is 10.4. The molecule has 0 radical (unpaired) electrons. The lowest BCUT2D eigenvalue weighted by atomic mass is 10.1. The SMILES string of the molecule is COc1ccc(CCC(=O)N2CCN(Cc3ccccc3OC(C)C)CC2)cc1. The number of nitrogens with zero attached hydrogens (tertiary/aromatic N) is 2. The van der Waals surface area contributed by atoms with Gasteiger partial charge in [0.25, 0.3) is 0 Å². The molecule has 0 atom stereocenters. The van der Waals surface area contributed by atoms with Gasteiger partial charge in [-0.2, -0.15) is 0 Å². The van der Waals surface area contributed by atoms with Gasteiger partial charge in [-0.25, -0.2) is 0 Å². The van der Waals surface area contributed by atoms with Crippen LogP contribution in [-0.2, 0) is 17.8 Å². The third-order valence-electron chi connectivity index (χ3n) is 5.24. The van der Waals surface area contributed by atoms with Crippen LogP contribution < -0.4 is 9.47 Å². The van der Waals surface area contributed by atoms with E-state index in [0.717, 1.165) is 50.6 Å².